The normalized spacial score (nSPS) is 26.6. The molecular weight excluding hydrogens is 252 g/mol. The lowest BCUT2D eigenvalue weighted by molar-refractivity contribution is 0.100. The molecule has 0 aliphatic carbocycles. The van der Waals surface area contributed by atoms with E-state index in [1.165, 1.54) is 6.33 Å². The van der Waals surface area contributed by atoms with E-state index in [2.05, 4.69) is 15.3 Å². The molecule has 0 aromatic carbocycles. The third kappa shape index (κ3) is 1.96. The number of nitrogens with zero attached hydrogens (tertiary/aromatic N) is 4. The first-order valence-electron chi connectivity index (χ1n) is 5.53. The summed E-state index contributed by atoms with van der Waals surface area (Å²) in [7, 11) is 1.00. The molecule has 3 heterocycles. The summed E-state index contributed by atoms with van der Waals surface area (Å²) in [6.07, 6.45) is 0.753. The second-order valence-corrected chi connectivity index (χ2v) is 3.86. The van der Waals surface area contributed by atoms with Crippen molar-refractivity contribution in [1.82, 2.24) is 9.55 Å². The Labute approximate surface area is 108 Å². The number of fused-ring (bicyclic) bond motifs is 3. The van der Waals surface area contributed by atoms with Crippen LogP contribution in [0.2, 0.25) is 0 Å². The van der Waals surface area contributed by atoms with Crippen LogP contribution in [0.3, 0.4) is 0 Å². The van der Waals surface area contributed by atoms with Gasteiger partial charge in [-0.05, 0) is 0 Å². The molecule has 0 amide bonds. The number of amidine groups is 1. The maximum Gasteiger partial charge on any atom is 0.284 e. The van der Waals surface area contributed by atoms with Crippen LogP contribution in [-0.2, 0) is 4.74 Å². The molecule has 9 nitrogen and oxygen atoms in total. The number of aliphatic hydroxyl groups is 2. The molecule has 0 fully saturated rings. The van der Waals surface area contributed by atoms with Crippen LogP contribution in [0.5, 0.6) is 0 Å². The molecule has 1 aromatic heterocycles. The first-order chi connectivity index (χ1) is 9.24. The summed E-state index contributed by atoms with van der Waals surface area (Å²) in [5, 5.41) is 28.2. The maximum atomic E-state index is 9.30. The molecule has 0 saturated heterocycles. The van der Waals surface area contributed by atoms with Crippen LogP contribution in [0.25, 0.3) is 0 Å². The average molecular weight is 266 g/mol. The van der Waals surface area contributed by atoms with Gasteiger partial charge < -0.3 is 26.0 Å². The number of ether oxygens (including phenoxy) is 1. The standard InChI is InChI=1S/C9H10N6O2.CH4O/c10-1-4-7-13-5(2-16)6-8(14-9(11)17-6)15(7)3-12-4;1-2/h3,5-6,8,13,16H,2H2,(H2,11,14);2H,1H3/t5-,6+,8-;/m0./s1. The van der Waals surface area contributed by atoms with E-state index in [-0.39, 0.29) is 36.6 Å². The Balaban J connectivity index is 0.000000637. The lowest BCUT2D eigenvalue weighted by atomic mass is 10.1. The first kappa shape index (κ1) is 13.1. The summed E-state index contributed by atoms with van der Waals surface area (Å²) in [4.78, 5) is 8.09. The van der Waals surface area contributed by atoms with E-state index < -0.39 is 0 Å². The number of nitrogens with one attached hydrogen (secondary N) is 1. The van der Waals surface area contributed by atoms with E-state index in [1.54, 1.807) is 4.57 Å². The zero-order valence-electron chi connectivity index (χ0n) is 10.2. The Morgan fingerprint density at radius 2 is 2.37 bits per heavy atom. The largest absolute Gasteiger partial charge is 0.455 e. The summed E-state index contributed by atoms with van der Waals surface area (Å²) in [5.74, 6) is 0.537. The molecule has 2 aliphatic rings. The minimum Gasteiger partial charge on any atom is -0.455 e. The van der Waals surface area contributed by atoms with Gasteiger partial charge in [0.2, 0.25) is 0 Å². The highest BCUT2D eigenvalue weighted by molar-refractivity contribution is 5.74. The van der Waals surface area contributed by atoms with Gasteiger partial charge in [0.25, 0.3) is 6.02 Å². The molecule has 1 aromatic rings. The number of rotatable bonds is 1. The number of nitrogens with two attached hydrogens (primary N) is 1. The van der Waals surface area contributed by atoms with Gasteiger partial charge in [-0.15, -0.1) is 0 Å². The van der Waals surface area contributed by atoms with Crippen LogP contribution in [0.15, 0.2) is 11.3 Å². The smallest absolute Gasteiger partial charge is 0.284 e. The molecule has 3 atom stereocenters. The lowest BCUT2D eigenvalue weighted by Crippen LogP contribution is -2.46. The second-order valence-electron chi connectivity index (χ2n) is 3.86. The van der Waals surface area contributed by atoms with Gasteiger partial charge in [-0.2, -0.15) is 5.26 Å². The second kappa shape index (κ2) is 5.13. The predicted octanol–water partition coefficient (Wildman–Crippen LogP) is -1.64. The molecule has 102 valence electrons. The van der Waals surface area contributed by atoms with Gasteiger partial charge in [0.05, 0.1) is 19.0 Å². The van der Waals surface area contributed by atoms with Gasteiger partial charge in [-0.1, -0.05) is 0 Å². The number of aromatic nitrogens is 2. The highest BCUT2D eigenvalue weighted by Crippen LogP contribution is 2.35. The fourth-order valence-electron chi connectivity index (χ4n) is 2.14. The lowest BCUT2D eigenvalue weighted by Gasteiger charge is -2.33. The van der Waals surface area contributed by atoms with E-state index >= 15 is 0 Å². The fourth-order valence-corrected chi connectivity index (χ4v) is 2.14. The molecule has 0 radical (unpaired) electrons. The van der Waals surface area contributed by atoms with Crippen molar-refractivity contribution in [3.8, 4) is 6.07 Å². The SMILES string of the molecule is CO.N#Cc1ncn2c1N[C@@H](CO)[C@H]1OC(N)=N[C@H]12. The third-order valence-electron chi connectivity index (χ3n) is 2.91. The highest BCUT2D eigenvalue weighted by Gasteiger charge is 2.43. The summed E-state index contributed by atoms with van der Waals surface area (Å²) < 4.78 is 7.03. The molecule has 3 rings (SSSR count). The molecule has 19 heavy (non-hydrogen) atoms. The number of nitriles is 1. The van der Waals surface area contributed by atoms with E-state index in [0.717, 1.165) is 7.11 Å². The van der Waals surface area contributed by atoms with Crippen LogP contribution in [0.4, 0.5) is 5.82 Å². The van der Waals surface area contributed by atoms with Crippen molar-refractivity contribution >= 4 is 11.8 Å². The number of imidazole rings is 1. The summed E-state index contributed by atoms with van der Waals surface area (Å²) >= 11 is 0. The highest BCUT2D eigenvalue weighted by atomic mass is 16.5. The number of aliphatic imine (C=N–C) groups is 1. The number of anilines is 1. The fraction of sp³-hybridized carbons (Fsp3) is 0.500. The van der Waals surface area contributed by atoms with Gasteiger partial charge in [-0.25, -0.2) is 9.98 Å². The molecule has 0 unspecified atom stereocenters. The van der Waals surface area contributed by atoms with Crippen molar-refractivity contribution in [2.45, 2.75) is 18.3 Å². The van der Waals surface area contributed by atoms with Gasteiger partial charge in [-0.3, -0.25) is 4.57 Å². The van der Waals surface area contributed by atoms with E-state index in [0.29, 0.717) is 5.82 Å². The van der Waals surface area contributed by atoms with Crippen molar-refractivity contribution in [2.24, 2.45) is 10.7 Å². The minimum atomic E-state index is -0.381. The maximum absolute atomic E-state index is 9.30. The minimum absolute atomic E-state index is 0.0836. The number of aliphatic hydroxyl groups excluding tert-OH is 2. The summed E-state index contributed by atoms with van der Waals surface area (Å²) in [6, 6.07) is 1.70. The van der Waals surface area contributed by atoms with Crippen LogP contribution in [-0.4, -0.2) is 51.6 Å². The molecule has 0 bridgehead atoms. The van der Waals surface area contributed by atoms with Crippen molar-refractivity contribution in [3.63, 3.8) is 0 Å². The van der Waals surface area contributed by atoms with Crippen molar-refractivity contribution in [1.29, 1.82) is 5.26 Å². The third-order valence-corrected chi connectivity index (χ3v) is 2.91. The van der Waals surface area contributed by atoms with E-state index in [4.69, 9.17) is 20.8 Å². The van der Waals surface area contributed by atoms with E-state index in [9.17, 15) is 5.11 Å². The average Bonchev–Trinajstić information content (AvgIpc) is 3.01. The Kier molecular flexibility index (Phi) is 3.55. The number of hydrogen-bond donors (Lipinski definition) is 4. The van der Waals surface area contributed by atoms with Crippen molar-refractivity contribution in [3.05, 3.63) is 12.0 Å². The summed E-state index contributed by atoms with van der Waals surface area (Å²) in [5.41, 5.74) is 5.79. The molecule has 0 spiro atoms. The zero-order valence-corrected chi connectivity index (χ0v) is 10.2. The van der Waals surface area contributed by atoms with Gasteiger partial charge in [0.15, 0.2) is 18.0 Å². The van der Waals surface area contributed by atoms with Gasteiger partial charge in [0.1, 0.15) is 11.9 Å². The topological polar surface area (TPSA) is 142 Å². The number of hydrogen-bond acceptors (Lipinski definition) is 8. The van der Waals surface area contributed by atoms with Crippen molar-refractivity contribution < 1.29 is 14.9 Å². The Morgan fingerprint density at radius 3 is 3.00 bits per heavy atom. The Hall–Kier alpha value is -2.31. The molecule has 5 N–H and O–H groups in total. The predicted molar refractivity (Wildman–Crippen MR) is 65.1 cm³/mol. The van der Waals surface area contributed by atoms with Crippen LogP contribution >= 0.6 is 0 Å². The van der Waals surface area contributed by atoms with Crippen LogP contribution < -0.4 is 11.1 Å². The molecule has 2 aliphatic heterocycles. The van der Waals surface area contributed by atoms with Crippen molar-refractivity contribution in [2.75, 3.05) is 19.0 Å². The zero-order chi connectivity index (χ0) is 14.0. The quantitative estimate of drug-likeness (QED) is 0.477. The first-order valence-corrected chi connectivity index (χ1v) is 5.53. The summed E-state index contributed by atoms with van der Waals surface area (Å²) in [6.45, 7) is -0.139. The Bertz CT molecular complexity index is 534. The molecule has 9 heteroatoms. The Morgan fingerprint density at radius 1 is 1.63 bits per heavy atom. The van der Waals surface area contributed by atoms with Gasteiger partial charge >= 0.3 is 0 Å². The van der Waals surface area contributed by atoms with Gasteiger partial charge in [0, 0.05) is 7.11 Å². The van der Waals surface area contributed by atoms with E-state index in [1.807, 2.05) is 6.07 Å². The molecular formula is C10H14N6O3. The monoisotopic (exact) mass is 266 g/mol. The van der Waals surface area contributed by atoms with Crippen LogP contribution in [0, 0.1) is 11.3 Å². The van der Waals surface area contributed by atoms with Crippen LogP contribution in [0.1, 0.15) is 11.9 Å². The molecule has 0 saturated carbocycles.